The van der Waals surface area contributed by atoms with E-state index in [4.69, 9.17) is 9.47 Å². The molecule has 0 amide bonds. The van der Waals surface area contributed by atoms with E-state index < -0.39 is 0 Å². The summed E-state index contributed by atoms with van der Waals surface area (Å²) in [6.07, 6.45) is 4.33. The van der Waals surface area contributed by atoms with E-state index in [0.717, 1.165) is 44.3 Å². The summed E-state index contributed by atoms with van der Waals surface area (Å²) in [6.45, 7) is 3.91. The number of para-hydroxylation sites is 1. The van der Waals surface area contributed by atoms with E-state index in [1.54, 1.807) is 7.05 Å². The number of rotatable bonds is 7. The van der Waals surface area contributed by atoms with Crippen LogP contribution >= 0.6 is 35.7 Å². The van der Waals surface area contributed by atoms with Gasteiger partial charge in [0.15, 0.2) is 5.96 Å². The molecule has 1 heterocycles. The summed E-state index contributed by atoms with van der Waals surface area (Å²) < 4.78 is 11.4. The lowest BCUT2D eigenvalue weighted by Gasteiger charge is -2.36. The lowest BCUT2D eigenvalue weighted by Crippen LogP contribution is -2.48. The third-order valence-electron chi connectivity index (χ3n) is 4.05. The van der Waals surface area contributed by atoms with E-state index >= 15 is 0 Å². The maximum atomic E-state index is 5.67. The molecule has 5 nitrogen and oxygen atoms in total. The Morgan fingerprint density at radius 3 is 2.58 bits per heavy atom. The summed E-state index contributed by atoms with van der Waals surface area (Å²) in [5, 5.41) is 6.73. The van der Waals surface area contributed by atoms with Gasteiger partial charge in [-0.1, -0.05) is 18.2 Å². The fourth-order valence-electron chi connectivity index (χ4n) is 2.52. The average Bonchev–Trinajstić information content (AvgIpc) is 2.63. The molecule has 0 unspecified atom stereocenters. The quantitative estimate of drug-likeness (QED) is 0.281. The zero-order valence-corrected chi connectivity index (χ0v) is 17.6. The zero-order chi connectivity index (χ0) is 16.4. The highest BCUT2D eigenvalue weighted by atomic mass is 127. The van der Waals surface area contributed by atoms with Gasteiger partial charge >= 0.3 is 0 Å². The van der Waals surface area contributed by atoms with E-state index in [1.807, 2.05) is 42.1 Å². The van der Waals surface area contributed by atoms with Gasteiger partial charge in [-0.2, -0.15) is 11.8 Å². The molecule has 1 fully saturated rings. The van der Waals surface area contributed by atoms with E-state index in [-0.39, 0.29) is 28.7 Å². The van der Waals surface area contributed by atoms with Crippen molar-refractivity contribution in [2.45, 2.75) is 17.6 Å². The number of nitrogens with zero attached hydrogens (tertiary/aromatic N) is 1. The van der Waals surface area contributed by atoms with Crippen LogP contribution in [0.1, 0.15) is 12.8 Å². The monoisotopic (exact) mass is 465 g/mol. The first-order chi connectivity index (χ1) is 11.3. The highest BCUT2D eigenvalue weighted by Crippen LogP contribution is 2.32. The molecule has 136 valence electrons. The number of ether oxygens (including phenoxy) is 2. The van der Waals surface area contributed by atoms with E-state index in [1.165, 1.54) is 0 Å². The van der Waals surface area contributed by atoms with Gasteiger partial charge in [0.1, 0.15) is 12.4 Å². The number of halogens is 1. The van der Waals surface area contributed by atoms with Crippen LogP contribution in [0.3, 0.4) is 0 Å². The predicted octanol–water partition coefficient (Wildman–Crippen LogP) is 2.76. The molecule has 24 heavy (non-hydrogen) atoms. The minimum atomic E-state index is 0. The number of benzene rings is 1. The average molecular weight is 465 g/mol. The van der Waals surface area contributed by atoms with E-state index in [0.29, 0.717) is 13.2 Å². The molecule has 0 aromatic heterocycles. The van der Waals surface area contributed by atoms with Gasteiger partial charge in [-0.15, -0.1) is 24.0 Å². The topological polar surface area (TPSA) is 54.9 Å². The Morgan fingerprint density at radius 2 is 1.96 bits per heavy atom. The molecular weight excluding hydrogens is 437 g/mol. The van der Waals surface area contributed by atoms with Gasteiger partial charge in [0, 0.05) is 31.6 Å². The summed E-state index contributed by atoms with van der Waals surface area (Å²) in [5.74, 6) is 1.71. The maximum Gasteiger partial charge on any atom is 0.191 e. The Morgan fingerprint density at radius 1 is 1.25 bits per heavy atom. The van der Waals surface area contributed by atoms with Crippen LogP contribution in [-0.2, 0) is 4.74 Å². The summed E-state index contributed by atoms with van der Waals surface area (Å²) in [5.41, 5.74) is 0. The van der Waals surface area contributed by atoms with Crippen molar-refractivity contribution in [1.29, 1.82) is 0 Å². The summed E-state index contributed by atoms with van der Waals surface area (Å²) in [6, 6.07) is 9.84. The highest BCUT2D eigenvalue weighted by molar-refractivity contribution is 14.0. The third-order valence-corrected chi connectivity index (χ3v) is 5.46. The summed E-state index contributed by atoms with van der Waals surface area (Å²) >= 11 is 1.92. The first kappa shape index (κ1) is 21.4. The number of guanidine groups is 1. The molecular formula is C17H28IN3O2S. The Kier molecular flexibility index (Phi) is 10.5. The SMILES string of the molecule is CN=C(NCCOc1ccccc1)NCC1(SC)CCOCC1.I. The second-order valence-electron chi connectivity index (χ2n) is 5.51. The molecule has 0 atom stereocenters. The van der Waals surface area contributed by atoms with E-state index in [2.05, 4.69) is 21.9 Å². The molecule has 2 N–H and O–H groups in total. The van der Waals surface area contributed by atoms with Crippen LogP contribution in [0.4, 0.5) is 0 Å². The van der Waals surface area contributed by atoms with Crippen LogP contribution < -0.4 is 15.4 Å². The third kappa shape index (κ3) is 7.06. The maximum absolute atomic E-state index is 5.67. The number of hydrogen-bond donors (Lipinski definition) is 2. The molecule has 0 radical (unpaired) electrons. The molecule has 0 bridgehead atoms. The summed E-state index contributed by atoms with van der Waals surface area (Å²) in [7, 11) is 1.79. The van der Waals surface area contributed by atoms with Crippen LogP contribution in [0.25, 0.3) is 0 Å². The Balaban J connectivity index is 0.00000288. The van der Waals surface area contributed by atoms with Crippen molar-refractivity contribution in [2.24, 2.45) is 4.99 Å². The van der Waals surface area contributed by atoms with Crippen molar-refractivity contribution in [3.8, 4) is 5.75 Å². The molecule has 1 aromatic carbocycles. The van der Waals surface area contributed by atoms with Crippen molar-refractivity contribution in [3.63, 3.8) is 0 Å². The first-order valence-corrected chi connectivity index (χ1v) is 9.26. The molecule has 0 aliphatic carbocycles. The normalized spacial score (nSPS) is 16.8. The molecule has 1 aromatic rings. The minimum Gasteiger partial charge on any atom is -0.492 e. The molecule has 0 saturated carbocycles. The number of thioether (sulfide) groups is 1. The van der Waals surface area contributed by atoms with Crippen molar-refractivity contribution in [2.75, 3.05) is 46.2 Å². The van der Waals surface area contributed by atoms with Crippen LogP contribution in [0.15, 0.2) is 35.3 Å². The van der Waals surface area contributed by atoms with Gasteiger partial charge in [-0.05, 0) is 31.2 Å². The van der Waals surface area contributed by atoms with Crippen LogP contribution in [0, 0.1) is 0 Å². The number of hydrogen-bond acceptors (Lipinski definition) is 4. The second kappa shape index (κ2) is 11.8. The zero-order valence-electron chi connectivity index (χ0n) is 14.4. The Labute approximate surface area is 166 Å². The standard InChI is InChI=1S/C17H27N3O2S.HI/c1-18-16(19-10-13-22-15-6-4-3-5-7-15)20-14-17(23-2)8-11-21-12-9-17;/h3-7H,8-14H2,1-2H3,(H2,18,19,20);1H. The molecule has 1 aliphatic rings. The van der Waals surface area contributed by atoms with Gasteiger partial charge in [0.05, 0.1) is 6.54 Å². The lowest BCUT2D eigenvalue weighted by atomic mass is 9.99. The Bertz CT molecular complexity index is 482. The van der Waals surface area contributed by atoms with Gasteiger partial charge in [0.25, 0.3) is 0 Å². The predicted molar refractivity (Wildman–Crippen MR) is 113 cm³/mol. The van der Waals surface area contributed by atoms with Gasteiger partial charge < -0.3 is 20.1 Å². The minimum absolute atomic E-state index is 0. The molecule has 7 heteroatoms. The fraction of sp³-hybridized carbons (Fsp3) is 0.588. The van der Waals surface area contributed by atoms with Crippen LogP contribution in [0.2, 0.25) is 0 Å². The van der Waals surface area contributed by atoms with E-state index in [9.17, 15) is 0 Å². The van der Waals surface area contributed by atoms with Gasteiger partial charge in [0.2, 0.25) is 0 Å². The number of nitrogens with one attached hydrogen (secondary N) is 2. The Hall–Kier alpha value is -0.670. The largest absolute Gasteiger partial charge is 0.492 e. The smallest absolute Gasteiger partial charge is 0.191 e. The molecule has 2 rings (SSSR count). The lowest BCUT2D eigenvalue weighted by molar-refractivity contribution is 0.0783. The first-order valence-electron chi connectivity index (χ1n) is 8.03. The van der Waals surface area contributed by atoms with Crippen molar-refractivity contribution in [3.05, 3.63) is 30.3 Å². The van der Waals surface area contributed by atoms with Crippen molar-refractivity contribution in [1.82, 2.24) is 10.6 Å². The van der Waals surface area contributed by atoms with Gasteiger partial charge in [-0.25, -0.2) is 0 Å². The van der Waals surface area contributed by atoms with Crippen LogP contribution in [-0.4, -0.2) is 56.9 Å². The summed E-state index contributed by atoms with van der Waals surface area (Å²) in [4.78, 5) is 4.28. The van der Waals surface area contributed by atoms with Crippen molar-refractivity contribution < 1.29 is 9.47 Å². The van der Waals surface area contributed by atoms with Crippen molar-refractivity contribution >= 4 is 41.7 Å². The fourth-order valence-corrected chi connectivity index (χ4v) is 3.31. The second-order valence-corrected chi connectivity index (χ2v) is 6.79. The van der Waals surface area contributed by atoms with Gasteiger partial charge in [-0.3, -0.25) is 4.99 Å². The molecule has 1 saturated heterocycles. The van der Waals surface area contributed by atoms with Crippen LogP contribution in [0.5, 0.6) is 5.75 Å². The number of aliphatic imine (C=N–C) groups is 1. The highest BCUT2D eigenvalue weighted by Gasteiger charge is 2.31. The molecule has 1 aliphatic heterocycles. The molecule has 0 spiro atoms.